The maximum atomic E-state index is 12.6. The molecule has 1 aromatic rings. The highest BCUT2D eigenvalue weighted by Crippen LogP contribution is 2.46. The van der Waals surface area contributed by atoms with Crippen LogP contribution in [0.25, 0.3) is 6.08 Å². The van der Waals surface area contributed by atoms with Crippen LogP contribution in [0.2, 0.25) is 0 Å². The van der Waals surface area contributed by atoms with Gasteiger partial charge in [0.1, 0.15) is 5.82 Å². The second kappa shape index (κ2) is 3.31. The normalized spacial score (nSPS) is 18.0. The number of halogens is 1. The molecule has 1 aliphatic rings. The van der Waals surface area contributed by atoms with Crippen molar-refractivity contribution in [2.75, 3.05) is 0 Å². The van der Waals surface area contributed by atoms with Crippen LogP contribution in [0, 0.1) is 23.6 Å². The van der Waals surface area contributed by atoms with E-state index in [4.69, 9.17) is 6.42 Å². The van der Waals surface area contributed by atoms with Crippen LogP contribution < -0.4 is 0 Å². The number of allylic oxidation sites excluding steroid dienone is 1. The van der Waals surface area contributed by atoms with Crippen molar-refractivity contribution in [3.05, 3.63) is 41.7 Å². The van der Waals surface area contributed by atoms with Crippen LogP contribution in [0.15, 0.2) is 30.3 Å². The Hall–Kier alpha value is -1.55. The van der Waals surface area contributed by atoms with E-state index in [2.05, 4.69) is 5.92 Å². The van der Waals surface area contributed by atoms with Gasteiger partial charge in [0, 0.05) is 5.41 Å². The van der Waals surface area contributed by atoms with Crippen molar-refractivity contribution >= 4 is 6.08 Å². The summed E-state index contributed by atoms with van der Waals surface area (Å²) in [6.07, 6.45) is 11.5. The fourth-order valence-corrected chi connectivity index (χ4v) is 1.32. The van der Waals surface area contributed by atoms with Gasteiger partial charge in [0.15, 0.2) is 0 Å². The highest BCUT2D eigenvalue weighted by Gasteiger charge is 2.37. The summed E-state index contributed by atoms with van der Waals surface area (Å²) >= 11 is 0. The van der Waals surface area contributed by atoms with Gasteiger partial charge in [0.2, 0.25) is 0 Å². The van der Waals surface area contributed by atoms with Gasteiger partial charge in [0.25, 0.3) is 0 Å². The molecule has 70 valence electrons. The van der Waals surface area contributed by atoms with Crippen molar-refractivity contribution in [1.29, 1.82) is 0 Å². The minimum Gasteiger partial charge on any atom is -0.207 e. The number of rotatable bonds is 2. The quantitative estimate of drug-likeness (QED) is 0.622. The van der Waals surface area contributed by atoms with Gasteiger partial charge in [-0.15, -0.1) is 6.42 Å². The third kappa shape index (κ3) is 1.85. The molecule has 0 amide bonds. The van der Waals surface area contributed by atoms with Crippen LogP contribution in [0.1, 0.15) is 18.4 Å². The van der Waals surface area contributed by atoms with Gasteiger partial charge >= 0.3 is 0 Å². The summed E-state index contributed by atoms with van der Waals surface area (Å²) in [5.74, 6) is 2.57. The largest absolute Gasteiger partial charge is 0.207 e. The molecule has 1 heteroatoms. The molecule has 1 aliphatic carbocycles. The molecule has 0 heterocycles. The summed E-state index contributed by atoms with van der Waals surface area (Å²) < 4.78 is 12.6. The van der Waals surface area contributed by atoms with Crippen molar-refractivity contribution in [2.24, 2.45) is 5.41 Å². The first-order chi connectivity index (χ1) is 6.74. The van der Waals surface area contributed by atoms with Crippen molar-refractivity contribution in [3.63, 3.8) is 0 Å². The highest BCUT2D eigenvalue weighted by atomic mass is 19.1. The second-order valence-electron chi connectivity index (χ2n) is 3.69. The van der Waals surface area contributed by atoms with Crippen LogP contribution >= 0.6 is 0 Å². The van der Waals surface area contributed by atoms with E-state index in [1.807, 2.05) is 12.2 Å². The Bertz CT molecular complexity index is 388. The summed E-state index contributed by atoms with van der Waals surface area (Å²) in [4.78, 5) is 0. The summed E-state index contributed by atoms with van der Waals surface area (Å²) in [5, 5.41) is 0. The molecule has 0 bridgehead atoms. The summed E-state index contributed by atoms with van der Waals surface area (Å²) in [6.45, 7) is 0. The molecule has 1 aromatic carbocycles. The number of hydrogen-bond donors (Lipinski definition) is 0. The number of benzene rings is 1. The third-order valence-electron chi connectivity index (χ3n) is 2.54. The topological polar surface area (TPSA) is 0 Å². The van der Waals surface area contributed by atoms with Gasteiger partial charge in [-0.25, -0.2) is 4.39 Å². The molecule has 0 N–H and O–H groups in total. The lowest BCUT2D eigenvalue weighted by atomic mass is 10.1. The molecule has 0 nitrogen and oxygen atoms in total. The molecule has 14 heavy (non-hydrogen) atoms. The minimum absolute atomic E-state index is 0.00557. The zero-order valence-electron chi connectivity index (χ0n) is 7.83. The molecule has 0 aliphatic heterocycles. The standard InChI is InChI=1S/C13H11F/c1-2-13(9-10-13)8-7-11-3-5-12(14)6-4-11/h1,3-8H,9-10H2/b8-7+. The Balaban J connectivity index is 2.12. The summed E-state index contributed by atoms with van der Waals surface area (Å²) in [5.41, 5.74) is 0.988. The Labute approximate surface area is 83.5 Å². The minimum atomic E-state index is -0.208. The van der Waals surface area contributed by atoms with Gasteiger partial charge in [-0.1, -0.05) is 30.2 Å². The molecular formula is C13H11F. The molecular weight excluding hydrogens is 175 g/mol. The lowest BCUT2D eigenvalue weighted by Crippen LogP contribution is -1.87. The van der Waals surface area contributed by atoms with E-state index in [-0.39, 0.29) is 11.2 Å². The molecule has 0 unspecified atom stereocenters. The van der Waals surface area contributed by atoms with E-state index in [0.717, 1.165) is 18.4 Å². The molecule has 1 saturated carbocycles. The molecule has 0 saturated heterocycles. The molecule has 2 rings (SSSR count). The smallest absolute Gasteiger partial charge is 0.123 e. The first-order valence-electron chi connectivity index (χ1n) is 4.67. The Morgan fingerprint density at radius 3 is 2.43 bits per heavy atom. The van der Waals surface area contributed by atoms with Crippen LogP contribution in [0.3, 0.4) is 0 Å². The van der Waals surface area contributed by atoms with E-state index in [9.17, 15) is 4.39 Å². The summed E-state index contributed by atoms with van der Waals surface area (Å²) in [6, 6.07) is 6.40. The van der Waals surface area contributed by atoms with Gasteiger partial charge < -0.3 is 0 Å². The van der Waals surface area contributed by atoms with Crippen molar-refractivity contribution in [3.8, 4) is 12.3 Å². The predicted octanol–water partition coefficient (Wildman–Crippen LogP) is 3.25. The molecule has 0 aromatic heterocycles. The van der Waals surface area contributed by atoms with Crippen LogP contribution in [-0.4, -0.2) is 0 Å². The van der Waals surface area contributed by atoms with E-state index in [0.29, 0.717) is 0 Å². The monoisotopic (exact) mass is 186 g/mol. The Morgan fingerprint density at radius 1 is 1.29 bits per heavy atom. The molecule has 1 fully saturated rings. The third-order valence-corrected chi connectivity index (χ3v) is 2.54. The van der Waals surface area contributed by atoms with Crippen LogP contribution in [0.5, 0.6) is 0 Å². The predicted molar refractivity (Wildman–Crippen MR) is 55.9 cm³/mol. The molecule has 0 radical (unpaired) electrons. The highest BCUT2D eigenvalue weighted by molar-refractivity contribution is 5.52. The fraction of sp³-hybridized carbons (Fsp3) is 0.231. The lowest BCUT2D eigenvalue weighted by Gasteiger charge is -1.97. The first-order valence-corrected chi connectivity index (χ1v) is 4.67. The molecule has 0 spiro atoms. The zero-order valence-corrected chi connectivity index (χ0v) is 7.83. The van der Waals surface area contributed by atoms with Crippen molar-refractivity contribution < 1.29 is 4.39 Å². The van der Waals surface area contributed by atoms with Crippen LogP contribution in [-0.2, 0) is 0 Å². The van der Waals surface area contributed by atoms with E-state index >= 15 is 0 Å². The maximum Gasteiger partial charge on any atom is 0.123 e. The Kier molecular flexibility index (Phi) is 2.13. The van der Waals surface area contributed by atoms with E-state index in [1.165, 1.54) is 12.1 Å². The van der Waals surface area contributed by atoms with Gasteiger partial charge in [-0.2, -0.15) is 0 Å². The number of hydrogen-bond acceptors (Lipinski definition) is 0. The van der Waals surface area contributed by atoms with Crippen molar-refractivity contribution in [2.45, 2.75) is 12.8 Å². The van der Waals surface area contributed by atoms with Gasteiger partial charge in [-0.05, 0) is 30.5 Å². The van der Waals surface area contributed by atoms with Gasteiger partial charge in [0.05, 0.1) is 0 Å². The second-order valence-corrected chi connectivity index (χ2v) is 3.69. The summed E-state index contributed by atoms with van der Waals surface area (Å²) in [7, 11) is 0. The average molecular weight is 186 g/mol. The average Bonchev–Trinajstić information content (AvgIpc) is 2.98. The SMILES string of the molecule is C#CC1(/C=C/c2ccc(F)cc2)CC1. The van der Waals surface area contributed by atoms with E-state index < -0.39 is 0 Å². The van der Waals surface area contributed by atoms with Crippen molar-refractivity contribution in [1.82, 2.24) is 0 Å². The fourth-order valence-electron chi connectivity index (χ4n) is 1.32. The zero-order chi connectivity index (χ0) is 10.0. The maximum absolute atomic E-state index is 12.6. The van der Waals surface area contributed by atoms with Gasteiger partial charge in [-0.3, -0.25) is 0 Å². The Morgan fingerprint density at radius 2 is 1.93 bits per heavy atom. The van der Waals surface area contributed by atoms with E-state index in [1.54, 1.807) is 12.1 Å². The first kappa shape index (κ1) is 9.02. The lowest BCUT2D eigenvalue weighted by molar-refractivity contribution is 0.628. The number of terminal acetylenes is 1. The van der Waals surface area contributed by atoms with Crippen LogP contribution in [0.4, 0.5) is 4.39 Å². The molecule has 0 atom stereocenters.